The summed E-state index contributed by atoms with van der Waals surface area (Å²) in [6.45, 7) is 4.66. The van der Waals surface area contributed by atoms with E-state index < -0.39 is 0 Å². The molecule has 1 unspecified atom stereocenters. The Morgan fingerprint density at radius 3 is 2.43 bits per heavy atom. The average molecular weight is 198 g/mol. The van der Waals surface area contributed by atoms with E-state index in [1.54, 1.807) is 0 Å². The Bertz CT molecular complexity index is 139. The van der Waals surface area contributed by atoms with Gasteiger partial charge in [0.05, 0.1) is 0 Å². The summed E-state index contributed by atoms with van der Waals surface area (Å²) >= 11 is 0. The topological polar surface area (TPSA) is 15.3 Å². The fourth-order valence-electron chi connectivity index (χ4n) is 2.37. The lowest BCUT2D eigenvalue weighted by molar-refractivity contribution is 0.301. The number of nitrogens with one attached hydrogen (secondary N) is 1. The maximum atomic E-state index is 3.64. The zero-order valence-electron chi connectivity index (χ0n) is 10.1. The van der Waals surface area contributed by atoms with Crippen LogP contribution in [0.3, 0.4) is 0 Å². The van der Waals surface area contributed by atoms with Crippen molar-refractivity contribution in [3.8, 4) is 0 Å². The van der Waals surface area contributed by atoms with Crippen LogP contribution < -0.4 is 5.32 Å². The molecule has 1 atom stereocenters. The molecule has 0 aromatic carbocycles. The van der Waals surface area contributed by atoms with Crippen LogP contribution in [0.2, 0.25) is 0 Å². The third kappa shape index (κ3) is 4.97. The number of hydrogen-bond donors (Lipinski definition) is 1. The third-order valence-corrected chi connectivity index (χ3v) is 3.12. The van der Waals surface area contributed by atoms with Crippen LogP contribution in [0.5, 0.6) is 0 Å². The van der Waals surface area contributed by atoms with E-state index in [-0.39, 0.29) is 0 Å². The molecule has 2 nitrogen and oxygen atoms in total. The van der Waals surface area contributed by atoms with Gasteiger partial charge in [-0.3, -0.25) is 0 Å². The highest BCUT2D eigenvalue weighted by Crippen LogP contribution is 2.22. The molecule has 14 heavy (non-hydrogen) atoms. The van der Waals surface area contributed by atoms with E-state index in [0.717, 1.165) is 12.5 Å². The second-order valence-electron chi connectivity index (χ2n) is 5.08. The fraction of sp³-hybridized carbons (Fsp3) is 1.00. The molecule has 2 heteroatoms. The Kier molecular flexibility index (Phi) is 5.49. The molecule has 0 bridgehead atoms. The van der Waals surface area contributed by atoms with Crippen LogP contribution in [-0.4, -0.2) is 38.1 Å². The van der Waals surface area contributed by atoms with Gasteiger partial charge in [0.25, 0.3) is 0 Å². The summed E-state index contributed by atoms with van der Waals surface area (Å²) in [5.74, 6) is 0.952. The monoisotopic (exact) mass is 198 g/mol. The molecular weight excluding hydrogens is 172 g/mol. The molecule has 0 saturated heterocycles. The van der Waals surface area contributed by atoms with Gasteiger partial charge in [-0.1, -0.05) is 19.3 Å². The van der Waals surface area contributed by atoms with Gasteiger partial charge in [0.1, 0.15) is 0 Å². The number of hydrogen-bond acceptors (Lipinski definition) is 2. The zero-order valence-corrected chi connectivity index (χ0v) is 10.1. The molecule has 1 saturated carbocycles. The van der Waals surface area contributed by atoms with Crippen LogP contribution >= 0.6 is 0 Å². The van der Waals surface area contributed by atoms with Crippen molar-refractivity contribution in [1.82, 2.24) is 10.2 Å². The molecule has 1 N–H and O–H groups in total. The van der Waals surface area contributed by atoms with Crippen molar-refractivity contribution in [3.05, 3.63) is 0 Å². The molecule has 1 aliphatic carbocycles. The van der Waals surface area contributed by atoms with E-state index in [2.05, 4.69) is 31.2 Å². The molecule has 0 heterocycles. The van der Waals surface area contributed by atoms with E-state index in [0.29, 0.717) is 6.04 Å². The minimum atomic E-state index is 0.631. The standard InChI is InChI=1S/C12H26N2/c1-11(10-14(2)3)13-9-12-7-5-4-6-8-12/h11-13H,4-10H2,1-3H3. The Hall–Kier alpha value is -0.0800. The Morgan fingerprint density at radius 2 is 1.86 bits per heavy atom. The lowest BCUT2D eigenvalue weighted by atomic mass is 9.89. The van der Waals surface area contributed by atoms with Crippen LogP contribution in [0.4, 0.5) is 0 Å². The van der Waals surface area contributed by atoms with Crippen LogP contribution in [0, 0.1) is 5.92 Å². The highest BCUT2D eigenvalue weighted by Gasteiger charge is 2.13. The minimum Gasteiger partial charge on any atom is -0.313 e. The normalized spacial score (nSPS) is 21.4. The molecule has 0 aromatic heterocycles. The SMILES string of the molecule is CC(CN(C)C)NCC1CCCCC1. The van der Waals surface area contributed by atoms with E-state index in [4.69, 9.17) is 0 Å². The van der Waals surface area contributed by atoms with Gasteiger partial charge >= 0.3 is 0 Å². The largest absolute Gasteiger partial charge is 0.313 e. The highest BCUT2D eigenvalue weighted by atomic mass is 15.1. The van der Waals surface area contributed by atoms with Gasteiger partial charge < -0.3 is 10.2 Å². The first-order valence-electron chi connectivity index (χ1n) is 6.06. The molecular formula is C12H26N2. The molecule has 0 radical (unpaired) electrons. The van der Waals surface area contributed by atoms with Crippen LogP contribution in [0.25, 0.3) is 0 Å². The summed E-state index contributed by atoms with van der Waals surface area (Å²) < 4.78 is 0. The maximum absolute atomic E-state index is 3.64. The first kappa shape index (κ1) is 12.0. The molecule has 0 amide bonds. The summed E-state index contributed by atoms with van der Waals surface area (Å²) in [6, 6.07) is 0.631. The molecule has 84 valence electrons. The summed E-state index contributed by atoms with van der Waals surface area (Å²) in [6.07, 6.45) is 7.26. The number of rotatable bonds is 5. The summed E-state index contributed by atoms with van der Waals surface area (Å²) in [7, 11) is 4.28. The predicted octanol–water partition coefficient (Wildman–Crippen LogP) is 2.11. The second-order valence-corrected chi connectivity index (χ2v) is 5.08. The van der Waals surface area contributed by atoms with Crippen molar-refractivity contribution >= 4 is 0 Å². The van der Waals surface area contributed by atoms with Crippen LogP contribution in [0.1, 0.15) is 39.0 Å². The quantitative estimate of drug-likeness (QED) is 0.728. The number of nitrogens with zero attached hydrogens (tertiary/aromatic N) is 1. The second kappa shape index (κ2) is 6.41. The van der Waals surface area contributed by atoms with E-state index in [1.807, 2.05) is 0 Å². The lowest BCUT2D eigenvalue weighted by Crippen LogP contribution is -2.38. The molecule has 0 aliphatic heterocycles. The van der Waals surface area contributed by atoms with Gasteiger partial charge in [-0.2, -0.15) is 0 Å². The van der Waals surface area contributed by atoms with Crippen molar-refractivity contribution in [2.75, 3.05) is 27.2 Å². The Balaban J connectivity index is 2.06. The number of likely N-dealkylation sites (N-methyl/N-ethyl adjacent to an activating group) is 1. The van der Waals surface area contributed by atoms with Crippen molar-refractivity contribution in [3.63, 3.8) is 0 Å². The van der Waals surface area contributed by atoms with E-state index in [1.165, 1.54) is 38.6 Å². The van der Waals surface area contributed by atoms with Crippen LogP contribution in [0.15, 0.2) is 0 Å². The van der Waals surface area contributed by atoms with Gasteiger partial charge in [-0.05, 0) is 46.3 Å². The lowest BCUT2D eigenvalue weighted by Gasteiger charge is -2.25. The van der Waals surface area contributed by atoms with Gasteiger partial charge in [0.2, 0.25) is 0 Å². The van der Waals surface area contributed by atoms with Gasteiger partial charge in [-0.15, -0.1) is 0 Å². The van der Waals surface area contributed by atoms with Crippen molar-refractivity contribution in [1.29, 1.82) is 0 Å². The molecule has 1 rings (SSSR count). The van der Waals surface area contributed by atoms with Crippen molar-refractivity contribution < 1.29 is 0 Å². The molecule has 0 spiro atoms. The predicted molar refractivity (Wildman–Crippen MR) is 62.6 cm³/mol. The maximum Gasteiger partial charge on any atom is 0.0166 e. The zero-order chi connectivity index (χ0) is 10.4. The first-order chi connectivity index (χ1) is 6.68. The van der Waals surface area contributed by atoms with Crippen molar-refractivity contribution in [2.24, 2.45) is 5.92 Å². The van der Waals surface area contributed by atoms with Gasteiger partial charge in [0.15, 0.2) is 0 Å². The average Bonchev–Trinajstić information content (AvgIpc) is 2.15. The van der Waals surface area contributed by atoms with Crippen LogP contribution in [-0.2, 0) is 0 Å². The highest BCUT2D eigenvalue weighted by molar-refractivity contribution is 4.71. The summed E-state index contributed by atoms with van der Waals surface area (Å²) in [5.41, 5.74) is 0. The third-order valence-electron chi connectivity index (χ3n) is 3.12. The molecule has 1 aliphatic rings. The fourth-order valence-corrected chi connectivity index (χ4v) is 2.37. The van der Waals surface area contributed by atoms with E-state index in [9.17, 15) is 0 Å². The molecule has 1 fully saturated rings. The van der Waals surface area contributed by atoms with Gasteiger partial charge in [-0.25, -0.2) is 0 Å². The van der Waals surface area contributed by atoms with Gasteiger partial charge in [0, 0.05) is 12.6 Å². The molecule has 0 aromatic rings. The Morgan fingerprint density at radius 1 is 1.21 bits per heavy atom. The van der Waals surface area contributed by atoms with E-state index >= 15 is 0 Å². The minimum absolute atomic E-state index is 0.631. The summed E-state index contributed by atoms with van der Waals surface area (Å²) in [4.78, 5) is 2.25. The van der Waals surface area contributed by atoms with Crippen molar-refractivity contribution in [2.45, 2.75) is 45.1 Å². The summed E-state index contributed by atoms with van der Waals surface area (Å²) in [5, 5.41) is 3.64. The Labute approximate surface area is 89.1 Å². The first-order valence-corrected chi connectivity index (χ1v) is 6.06. The smallest absolute Gasteiger partial charge is 0.0166 e.